The Hall–Kier alpha value is -0.0400. The molecular formula is C11H15F3O2S2. The third-order valence-electron chi connectivity index (χ3n) is 3.49. The van der Waals surface area contributed by atoms with E-state index >= 15 is 0 Å². The average molecular weight is 300 g/mol. The van der Waals surface area contributed by atoms with Crippen molar-refractivity contribution in [3.63, 3.8) is 0 Å². The molecule has 0 aromatic heterocycles. The Morgan fingerprint density at radius 3 is 2.39 bits per heavy atom. The quantitative estimate of drug-likeness (QED) is 0.694. The lowest BCUT2D eigenvalue weighted by molar-refractivity contribution is -0.188. The van der Waals surface area contributed by atoms with E-state index < -0.39 is 28.1 Å². The van der Waals surface area contributed by atoms with Crippen molar-refractivity contribution in [2.45, 2.75) is 29.5 Å². The van der Waals surface area contributed by atoms with Crippen molar-refractivity contribution in [3.05, 3.63) is 0 Å². The lowest BCUT2D eigenvalue weighted by atomic mass is 9.80. The molecule has 2 fully saturated rings. The molecule has 0 unspecified atom stereocenters. The van der Waals surface area contributed by atoms with Gasteiger partial charge < -0.3 is 4.74 Å². The summed E-state index contributed by atoms with van der Waals surface area (Å²) in [4.78, 5) is 11.6. The third kappa shape index (κ3) is 2.92. The van der Waals surface area contributed by atoms with Gasteiger partial charge in [-0.1, -0.05) is 0 Å². The molecule has 0 amide bonds. The number of hydrogen-bond acceptors (Lipinski definition) is 4. The SMILES string of the molecule is COC(=O)[C@@H]1C[C@H](C(F)(F)F)CC2(C1)SCCS2. The highest BCUT2D eigenvalue weighted by atomic mass is 32.2. The van der Waals surface area contributed by atoms with Crippen molar-refractivity contribution < 1.29 is 22.7 Å². The Morgan fingerprint density at radius 1 is 1.28 bits per heavy atom. The lowest BCUT2D eigenvalue weighted by Crippen LogP contribution is -2.41. The summed E-state index contributed by atoms with van der Waals surface area (Å²) in [6, 6.07) is 0. The van der Waals surface area contributed by atoms with Crippen LogP contribution in [0.5, 0.6) is 0 Å². The van der Waals surface area contributed by atoms with Crippen LogP contribution in [0.2, 0.25) is 0 Å². The van der Waals surface area contributed by atoms with E-state index in [9.17, 15) is 18.0 Å². The Labute approximate surface area is 112 Å². The fraction of sp³-hybridized carbons (Fsp3) is 0.909. The molecule has 0 bridgehead atoms. The lowest BCUT2D eigenvalue weighted by Gasteiger charge is -2.40. The molecule has 18 heavy (non-hydrogen) atoms. The molecular weight excluding hydrogens is 285 g/mol. The molecule has 0 N–H and O–H groups in total. The van der Waals surface area contributed by atoms with Crippen LogP contribution in [0.15, 0.2) is 0 Å². The number of alkyl halides is 3. The van der Waals surface area contributed by atoms with Crippen LogP contribution in [0, 0.1) is 11.8 Å². The van der Waals surface area contributed by atoms with Crippen LogP contribution in [0.25, 0.3) is 0 Å². The van der Waals surface area contributed by atoms with Gasteiger partial charge in [0, 0.05) is 11.5 Å². The molecule has 1 aliphatic heterocycles. The van der Waals surface area contributed by atoms with E-state index in [2.05, 4.69) is 4.74 Å². The van der Waals surface area contributed by atoms with Gasteiger partial charge in [-0.25, -0.2) is 0 Å². The second-order valence-electron chi connectivity index (χ2n) is 4.71. The van der Waals surface area contributed by atoms with Crippen molar-refractivity contribution >= 4 is 29.5 Å². The zero-order valence-electron chi connectivity index (χ0n) is 9.96. The summed E-state index contributed by atoms with van der Waals surface area (Å²) < 4.78 is 43.0. The van der Waals surface area contributed by atoms with Crippen molar-refractivity contribution in [1.82, 2.24) is 0 Å². The van der Waals surface area contributed by atoms with Gasteiger partial charge >= 0.3 is 12.1 Å². The fourth-order valence-electron chi connectivity index (χ4n) is 2.67. The van der Waals surface area contributed by atoms with Crippen molar-refractivity contribution in [3.8, 4) is 0 Å². The van der Waals surface area contributed by atoms with Gasteiger partial charge in [0.05, 0.1) is 23.0 Å². The maximum atomic E-state index is 12.9. The highest BCUT2D eigenvalue weighted by Gasteiger charge is 2.53. The second-order valence-corrected chi connectivity index (χ2v) is 7.93. The van der Waals surface area contributed by atoms with Gasteiger partial charge in [-0.2, -0.15) is 13.2 Å². The molecule has 1 saturated heterocycles. The number of esters is 1. The standard InChI is InChI=1S/C11H15F3O2S2/c1-16-9(15)7-4-8(11(12,13)14)6-10(5-7)17-2-3-18-10/h7-8H,2-6H2,1H3/t7-,8+/m1/s1. The van der Waals surface area contributed by atoms with E-state index in [0.717, 1.165) is 11.5 Å². The highest BCUT2D eigenvalue weighted by Crippen LogP contribution is 2.58. The second kappa shape index (κ2) is 5.15. The van der Waals surface area contributed by atoms with Crippen LogP contribution in [0.1, 0.15) is 19.3 Å². The summed E-state index contributed by atoms with van der Waals surface area (Å²) in [6.07, 6.45) is -3.72. The Morgan fingerprint density at radius 2 is 1.89 bits per heavy atom. The smallest absolute Gasteiger partial charge is 0.391 e. The molecule has 1 saturated carbocycles. The predicted molar refractivity (Wildman–Crippen MR) is 66.5 cm³/mol. The van der Waals surface area contributed by atoms with Gasteiger partial charge in [-0.05, 0) is 19.3 Å². The van der Waals surface area contributed by atoms with Gasteiger partial charge in [-0.15, -0.1) is 23.5 Å². The van der Waals surface area contributed by atoms with E-state index in [1.807, 2.05) is 0 Å². The number of hydrogen-bond donors (Lipinski definition) is 0. The maximum absolute atomic E-state index is 12.9. The number of carbonyl (C=O) groups excluding carboxylic acids is 1. The van der Waals surface area contributed by atoms with E-state index in [4.69, 9.17) is 0 Å². The van der Waals surface area contributed by atoms with Crippen LogP contribution >= 0.6 is 23.5 Å². The average Bonchev–Trinajstić information content (AvgIpc) is 2.74. The Bertz CT molecular complexity index is 327. The molecule has 2 nitrogen and oxygen atoms in total. The number of thioether (sulfide) groups is 2. The fourth-order valence-corrected chi connectivity index (χ4v) is 6.19. The number of rotatable bonds is 1. The molecule has 1 heterocycles. The van der Waals surface area contributed by atoms with Crippen molar-refractivity contribution in [2.75, 3.05) is 18.6 Å². The van der Waals surface area contributed by atoms with Gasteiger partial charge in [0.2, 0.25) is 0 Å². The molecule has 0 radical (unpaired) electrons. The van der Waals surface area contributed by atoms with Crippen LogP contribution in [-0.4, -0.2) is 34.8 Å². The molecule has 104 valence electrons. The molecule has 2 rings (SSSR count). The molecule has 1 spiro atoms. The first-order valence-electron chi connectivity index (χ1n) is 5.79. The minimum absolute atomic E-state index is 0.124. The van der Waals surface area contributed by atoms with E-state index in [1.165, 1.54) is 7.11 Å². The maximum Gasteiger partial charge on any atom is 0.391 e. The molecule has 1 aliphatic carbocycles. The summed E-state index contributed by atoms with van der Waals surface area (Å²) in [5.41, 5.74) is 0. The molecule has 0 aromatic carbocycles. The van der Waals surface area contributed by atoms with Crippen molar-refractivity contribution in [2.24, 2.45) is 11.8 Å². The topological polar surface area (TPSA) is 26.3 Å². The largest absolute Gasteiger partial charge is 0.469 e. The highest BCUT2D eigenvalue weighted by molar-refractivity contribution is 8.21. The molecule has 2 aliphatic rings. The van der Waals surface area contributed by atoms with Crippen LogP contribution < -0.4 is 0 Å². The summed E-state index contributed by atoms with van der Waals surface area (Å²) in [7, 11) is 1.24. The van der Waals surface area contributed by atoms with Crippen LogP contribution in [0.3, 0.4) is 0 Å². The predicted octanol–water partition coefficient (Wildman–Crippen LogP) is 3.31. The van der Waals surface area contributed by atoms with Gasteiger partial charge in [0.1, 0.15) is 0 Å². The van der Waals surface area contributed by atoms with Crippen LogP contribution in [0.4, 0.5) is 13.2 Å². The van der Waals surface area contributed by atoms with Gasteiger partial charge in [0.25, 0.3) is 0 Å². The minimum Gasteiger partial charge on any atom is -0.469 e. The number of carbonyl (C=O) groups is 1. The van der Waals surface area contributed by atoms with Gasteiger partial charge in [-0.3, -0.25) is 4.79 Å². The van der Waals surface area contributed by atoms with E-state index in [1.54, 1.807) is 23.5 Å². The summed E-state index contributed by atoms with van der Waals surface area (Å²) in [5, 5.41) is 0. The monoisotopic (exact) mass is 300 g/mol. The molecule has 0 aromatic rings. The Kier molecular flexibility index (Phi) is 4.11. The summed E-state index contributed by atoms with van der Waals surface area (Å²) in [6.45, 7) is 0. The number of methoxy groups -OCH3 is 1. The molecule has 7 heteroatoms. The van der Waals surface area contributed by atoms with E-state index in [0.29, 0.717) is 6.42 Å². The summed E-state index contributed by atoms with van der Waals surface area (Å²) >= 11 is 3.14. The third-order valence-corrected chi connectivity index (χ3v) is 7.00. The van der Waals surface area contributed by atoms with Gasteiger partial charge in [0.15, 0.2) is 0 Å². The number of halogens is 3. The first-order chi connectivity index (χ1) is 8.36. The molecule has 2 atom stereocenters. The van der Waals surface area contributed by atoms with E-state index in [-0.39, 0.29) is 12.8 Å². The first-order valence-corrected chi connectivity index (χ1v) is 7.76. The Balaban J connectivity index is 2.18. The number of ether oxygens (including phenoxy) is 1. The normalized spacial score (nSPS) is 31.6. The zero-order chi connectivity index (χ0) is 13.4. The first kappa shape index (κ1) is 14.4. The van der Waals surface area contributed by atoms with Crippen molar-refractivity contribution in [1.29, 1.82) is 0 Å². The zero-order valence-corrected chi connectivity index (χ0v) is 11.6. The van der Waals surface area contributed by atoms with Crippen LogP contribution in [-0.2, 0) is 9.53 Å². The summed E-state index contributed by atoms with van der Waals surface area (Å²) in [5.74, 6) is -0.773. The minimum atomic E-state index is -4.22.